The second-order valence-electron chi connectivity index (χ2n) is 5.93. The van der Waals surface area contributed by atoms with Gasteiger partial charge in [0.25, 0.3) is 5.69 Å². The minimum Gasteiger partial charge on any atom is -0.353 e. The molecule has 1 saturated heterocycles. The smallest absolute Gasteiger partial charge is 0.287 e. The van der Waals surface area contributed by atoms with Crippen LogP contribution in [0.25, 0.3) is 0 Å². The maximum atomic E-state index is 12.1. The van der Waals surface area contributed by atoms with Gasteiger partial charge in [0.15, 0.2) is 0 Å². The molecule has 2 rings (SSSR count). The Morgan fingerprint density at radius 2 is 2.00 bits per heavy atom. The van der Waals surface area contributed by atoms with Crippen molar-refractivity contribution in [2.75, 3.05) is 31.1 Å². The van der Waals surface area contributed by atoms with Crippen LogP contribution >= 0.6 is 0 Å². The van der Waals surface area contributed by atoms with Crippen LogP contribution in [0.5, 0.6) is 0 Å². The first-order valence-electron chi connectivity index (χ1n) is 7.60. The van der Waals surface area contributed by atoms with Gasteiger partial charge in [-0.15, -0.1) is 0 Å². The number of hydrogen-bond acceptors (Lipinski definition) is 5. The van der Waals surface area contributed by atoms with Crippen molar-refractivity contribution in [2.24, 2.45) is 5.92 Å². The Balaban J connectivity index is 1.86. The maximum absolute atomic E-state index is 12.1. The van der Waals surface area contributed by atoms with E-state index >= 15 is 0 Å². The SMILES string of the molecule is CC(C)CCC(=O)N1CCN(c2ccc([N+](=O)[O-])cn2)CC1. The van der Waals surface area contributed by atoms with E-state index in [1.165, 1.54) is 12.3 Å². The van der Waals surface area contributed by atoms with Crippen LogP contribution in [-0.4, -0.2) is 46.9 Å². The van der Waals surface area contributed by atoms with Crippen LogP contribution in [0.3, 0.4) is 0 Å². The van der Waals surface area contributed by atoms with Crippen molar-refractivity contribution >= 4 is 17.4 Å². The molecule has 0 aliphatic carbocycles. The van der Waals surface area contributed by atoms with E-state index in [9.17, 15) is 14.9 Å². The lowest BCUT2D eigenvalue weighted by atomic mass is 10.1. The number of carbonyl (C=O) groups excluding carboxylic acids is 1. The van der Waals surface area contributed by atoms with Crippen LogP contribution < -0.4 is 4.90 Å². The molecule has 22 heavy (non-hydrogen) atoms. The highest BCUT2D eigenvalue weighted by molar-refractivity contribution is 5.76. The molecule has 7 nitrogen and oxygen atoms in total. The quantitative estimate of drug-likeness (QED) is 0.614. The second-order valence-corrected chi connectivity index (χ2v) is 5.93. The molecular formula is C15H22N4O3. The van der Waals surface area contributed by atoms with Crippen LogP contribution in [0, 0.1) is 16.0 Å². The fourth-order valence-corrected chi connectivity index (χ4v) is 2.43. The van der Waals surface area contributed by atoms with Gasteiger partial charge in [0.2, 0.25) is 5.91 Å². The number of hydrogen-bond donors (Lipinski definition) is 0. The molecule has 1 amide bonds. The zero-order valence-electron chi connectivity index (χ0n) is 13.1. The predicted molar refractivity (Wildman–Crippen MR) is 83.8 cm³/mol. The highest BCUT2D eigenvalue weighted by atomic mass is 16.6. The molecule has 0 spiro atoms. The van der Waals surface area contributed by atoms with Crippen molar-refractivity contribution in [3.63, 3.8) is 0 Å². The minimum atomic E-state index is -0.456. The van der Waals surface area contributed by atoms with E-state index in [0.717, 1.165) is 12.2 Å². The molecule has 0 radical (unpaired) electrons. The van der Waals surface area contributed by atoms with Gasteiger partial charge in [0, 0.05) is 38.7 Å². The molecule has 1 aliphatic heterocycles. The first-order chi connectivity index (χ1) is 10.5. The van der Waals surface area contributed by atoms with Gasteiger partial charge in [0.1, 0.15) is 12.0 Å². The van der Waals surface area contributed by atoms with Gasteiger partial charge in [0.05, 0.1) is 4.92 Å². The number of nitrogens with zero attached hydrogens (tertiary/aromatic N) is 4. The largest absolute Gasteiger partial charge is 0.353 e. The van der Waals surface area contributed by atoms with E-state index in [4.69, 9.17) is 0 Å². The molecule has 1 aromatic heterocycles. The summed E-state index contributed by atoms with van der Waals surface area (Å²) in [6.45, 7) is 7.00. The summed E-state index contributed by atoms with van der Waals surface area (Å²) in [5.74, 6) is 1.47. The number of carbonyl (C=O) groups is 1. The summed E-state index contributed by atoms with van der Waals surface area (Å²) in [5, 5.41) is 10.6. The van der Waals surface area contributed by atoms with Crippen molar-refractivity contribution in [3.05, 3.63) is 28.4 Å². The van der Waals surface area contributed by atoms with Gasteiger partial charge in [-0.2, -0.15) is 0 Å². The Bertz CT molecular complexity index is 522. The van der Waals surface area contributed by atoms with E-state index in [2.05, 4.69) is 23.7 Å². The van der Waals surface area contributed by atoms with Crippen molar-refractivity contribution < 1.29 is 9.72 Å². The van der Waals surface area contributed by atoms with Crippen molar-refractivity contribution in [2.45, 2.75) is 26.7 Å². The molecule has 120 valence electrons. The molecule has 0 aromatic carbocycles. The highest BCUT2D eigenvalue weighted by Crippen LogP contribution is 2.18. The van der Waals surface area contributed by atoms with E-state index in [1.54, 1.807) is 6.07 Å². The normalized spacial score (nSPS) is 15.2. The minimum absolute atomic E-state index is 0.00810. The number of piperazine rings is 1. The molecule has 1 aromatic rings. The number of rotatable bonds is 5. The van der Waals surface area contributed by atoms with Crippen molar-refractivity contribution in [1.29, 1.82) is 0 Å². The maximum Gasteiger partial charge on any atom is 0.287 e. The molecule has 7 heteroatoms. The van der Waals surface area contributed by atoms with Gasteiger partial charge in [-0.25, -0.2) is 4.98 Å². The van der Waals surface area contributed by atoms with Crippen LogP contribution in [-0.2, 0) is 4.79 Å². The summed E-state index contributed by atoms with van der Waals surface area (Å²) in [5.41, 5.74) is -0.00810. The Hall–Kier alpha value is -2.18. The molecule has 2 heterocycles. The van der Waals surface area contributed by atoms with Gasteiger partial charge >= 0.3 is 0 Å². The first kappa shape index (κ1) is 16.2. The van der Waals surface area contributed by atoms with Crippen LogP contribution in [0.2, 0.25) is 0 Å². The average molecular weight is 306 g/mol. The Morgan fingerprint density at radius 3 is 2.50 bits per heavy atom. The fraction of sp³-hybridized carbons (Fsp3) is 0.600. The third-order valence-electron chi connectivity index (χ3n) is 3.83. The highest BCUT2D eigenvalue weighted by Gasteiger charge is 2.22. The number of nitro groups is 1. The number of amides is 1. The summed E-state index contributed by atoms with van der Waals surface area (Å²) in [6.07, 6.45) is 2.80. The lowest BCUT2D eigenvalue weighted by Gasteiger charge is -2.35. The Kier molecular flexibility index (Phi) is 5.30. The van der Waals surface area contributed by atoms with Crippen molar-refractivity contribution in [1.82, 2.24) is 9.88 Å². The van der Waals surface area contributed by atoms with Crippen LogP contribution in [0.1, 0.15) is 26.7 Å². The third kappa shape index (κ3) is 4.16. The van der Waals surface area contributed by atoms with Gasteiger partial charge < -0.3 is 9.80 Å². The summed E-state index contributed by atoms with van der Waals surface area (Å²) < 4.78 is 0. The molecular weight excluding hydrogens is 284 g/mol. The monoisotopic (exact) mass is 306 g/mol. The summed E-state index contributed by atoms with van der Waals surface area (Å²) in [7, 11) is 0. The van der Waals surface area contributed by atoms with Crippen molar-refractivity contribution in [3.8, 4) is 0 Å². The summed E-state index contributed by atoms with van der Waals surface area (Å²) in [4.78, 5) is 30.3. The average Bonchev–Trinajstić information content (AvgIpc) is 2.53. The van der Waals surface area contributed by atoms with E-state index < -0.39 is 4.92 Å². The zero-order valence-corrected chi connectivity index (χ0v) is 13.1. The molecule has 0 bridgehead atoms. The summed E-state index contributed by atoms with van der Waals surface area (Å²) in [6, 6.07) is 3.12. The number of anilines is 1. The molecule has 1 aliphatic rings. The summed E-state index contributed by atoms with van der Waals surface area (Å²) >= 11 is 0. The standard InChI is InChI=1S/C15H22N4O3/c1-12(2)3-6-15(20)18-9-7-17(8-10-18)14-5-4-13(11-16-14)19(21)22/h4-5,11-12H,3,6-10H2,1-2H3. The van der Waals surface area contributed by atoms with E-state index in [1.807, 2.05) is 4.90 Å². The van der Waals surface area contributed by atoms with Gasteiger partial charge in [-0.05, 0) is 18.4 Å². The molecule has 1 fully saturated rings. The predicted octanol–water partition coefficient (Wildman–Crippen LogP) is 2.07. The Labute approximate surface area is 130 Å². The van der Waals surface area contributed by atoms with Crippen LogP contribution in [0.15, 0.2) is 18.3 Å². The fourth-order valence-electron chi connectivity index (χ4n) is 2.43. The topological polar surface area (TPSA) is 79.6 Å². The first-order valence-corrected chi connectivity index (χ1v) is 7.60. The molecule has 0 N–H and O–H groups in total. The number of pyridine rings is 1. The lowest BCUT2D eigenvalue weighted by Crippen LogP contribution is -2.49. The Morgan fingerprint density at radius 1 is 1.32 bits per heavy atom. The van der Waals surface area contributed by atoms with E-state index in [0.29, 0.717) is 38.5 Å². The molecule has 0 unspecified atom stereocenters. The number of aromatic nitrogens is 1. The molecule has 0 saturated carbocycles. The van der Waals surface area contributed by atoms with E-state index in [-0.39, 0.29) is 11.6 Å². The second kappa shape index (κ2) is 7.20. The third-order valence-corrected chi connectivity index (χ3v) is 3.83. The van der Waals surface area contributed by atoms with Gasteiger partial charge in [-0.1, -0.05) is 13.8 Å². The molecule has 0 atom stereocenters. The zero-order chi connectivity index (χ0) is 16.1. The van der Waals surface area contributed by atoms with Gasteiger partial charge in [-0.3, -0.25) is 14.9 Å². The lowest BCUT2D eigenvalue weighted by molar-refractivity contribution is -0.385. The van der Waals surface area contributed by atoms with Crippen LogP contribution in [0.4, 0.5) is 11.5 Å².